The molecular weight excluding hydrogens is 380 g/mol. The molecule has 4 N–H and O–H groups in total. The number of nitrogens with two attached hydrogens (primary N) is 1. The van der Waals surface area contributed by atoms with Crippen LogP contribution in [0.3, 0.4) is 0 Å². The minimum atomic E-state index is -3.94. The lowest BCUT2D eigenvalue weighted by molar-refractivity contribution is 0.0697. The van der Waals surface area contributed by atoms with Crippen LogP contribution in [0.1, 0.15) is 15.2 Å². The van der Waals surface area contributed by atoms with E-state index in [1.54, 1.807) is 0 Å². The number of hydrogen-bond acceptors (Lipinski definition) is 5. The van der Waals surface area contributed by atoms with Crippen LogP contribution in [-0.4, -0.2) is 19.5 Å². The minimum absolute atomic E-state index is 0.144. The van der Waals surface area contributed by atoms with Gasteiger partial charge in [0.2, 0.25) is 10.0 Å². The van der Waals surface area contributed by atoms with Crippen LogP contribution in [0.4, 0.5) is 5.69 Å². The van der Waals surface area contributed by atoms with Crippen LogP contribution < -0.4 is 10.5 Å². The van der Waals surface area contributed by atoms with E-state index in [-0.39, 0.29) is 10.5 Å². The number of aromatic carboxylic acids is 1. The Hall–Kier alpha value is -1.42. The zero-order valence-corrected chi connectivity index (χ0v) is 13.8. The summed E-state index contributed by atoms with van der Waals surface area (Å²) in [6.45, 7) is 0.424. The Balaban J connectivity index is 2.31. The molecule has 0 spiro atoms. The Morgan fingerprint density at radius 1 is 1.38 bits per heavy atom. The van der Waals surface area contributed by atoms with E-state index in [0.29, 0.717) is 12.2 Å². The topological polar surface area (TPSA) is 109 Å². The summed E-state index contributed by atoms with van der Waals surface area (Å²) in [6, 6.07) is 5.60. The van der Waals surface area contributed by atoms with Gasteiger partial charge in [0.1, 0.15) is 0 Å². The molecule has 0 aliphatic carbocycles. The second kappa shape index (κ2) is 6.14. The predicted octanol–water partition coefficient (Wildman–Crippen LogP) is 2.47. The standard InChI is InChI=1S/C12H11BrN2O4S2/c13-9-3-4-20-11(9)6-15-10-2-1-7(21(14,18)19)5-8(10)12(16)17/h1-5,15H,6H2,(H,16,17)(H2,14,18,19). The van der Waals surface area contributed by atoms with Gasteiger partial charge in [-0.2, -0.15) is 0 Å². The summed E-state index contributed by atoms with van der Waals surface area (Å²) in [5, 5.41) is 19.1. The van der Waals surface area contributed by atoms with Gasteiger partial charge < -0.3 is 10.4 Å². The quantitative estimate of drug-likeness (QED) is 0.726. The lowest BCUT2D eigenvalue weighted by Gasteiger charge is -2.10. The van der Waals surface area contributed by atoms with E-state index in [2.05, 4.69) is 21.2 Å². The van der Waals surface area contributed by atoms with Crippen LogP contribution in [0.2, 0.25) is 0 Å². The molecule has 0 saturated carbocycles. The van der Waals surface area contributed by atoms with Crippen molar-refractivity contribution in [3.8, 4) is 0 Å². The number of thiophene rings is 1. The molecule has 0 saturated heterocycles. The Morgan fingerprint density at radius 3 is 2.62 bits per heavy atom. The highest BCUT2D eigenvalue weighted by Crippen LogP contribution is 2.25. The van der Waals surface area contributed by atoms with E-state index in [1.807, 2.05) is 11.4 Å². The molecule has 0 amide bonds. The van der Waals surface area contributed by atoms with Crippen molar-refractivity contribution >= 4 is 48.9 Å². The van der Waals surface area contributed by atoms with Crippen molar-refractivity contribution in [3.05, 3.63) is 44.6 Å². The fourth-order valence-corrected chi connectivity index (χ4v) is 3.63. The molecule has 2 aromatic rings. The Labute approximate surface area is 133 Å². The number of rotatable bonds is 5. The van der Waals surface area contributed by atoms with Gasteiger partial charge in [0.05, 0.1) is 17.0 Å². The molecule has 1 aromatic heterocycles. The van der Waals surface area contributed by atoms with Gasteiger partial charge in [-0.15, -0.1) is 11.3 Å². The van der Waals surface area contributed by atoms with E-state index >= 15 is 0 Å². The number of carbonyl (C=O) groups is 1. The smallest absolute Gasteiger partial charge is 0.337 e. The molecule has 21 heavy (non-hydrogen) atoms. The van der Waals surface area contributed by atoms with Gasteiger partial charge >= 0.3 is 5.97 Å². The van der Waals surface area contributed by atoms with E-state index in [0.717, 1.165) is 15.4 Å². The normalized spacial score (nSPS) is 11.3. The Kier molecular flexibility index (Phi) is 4.67. The fraction of sp³-hybridized carbons (Fsp3) is 0.0833. The highest BCUT2D eigenvalue weighted by molar-refractivity contribution is 9.10. The van der Waals surface area contributed by atoms with Gasteiger partial charge in [0.25, 0.3) is 0 Å². The highest BCUT2D eigenvalue weighted by atomic mass is 79.9. The van der Waals surface area contributed by atoms with E-state index in [4.69, 9.17) is 5.14 Å². The van der Waals surface area contributed by atoms with Crippen molar-refractivity contribution in [1.29, 1.82) is 0 Å². The Morgan fingerprint density at radius 2 is 2.10 bits per heavy atom. The molecule has 1 aromatic carbocycles. The highest BCUT2D eigenvalue weighted by Gasteiger charge is 2.16. The number of halogens is 1. The molecule has 1 heterocycles. The van der Waals surface area contributed by atoms with E-state index < -0.39 is 16.0 Å². The number of sulfonamides is 1. The molecule has 0 fully saturated rings. The fourth-order valence-electron chi connectivity index (χ4n) is 1.66. The van der Waals surface area contributed by atoms with Gasteiger partial charge in [-0.25, -0.2) is 18.4 Å². The molecule has 0 aliphatic heterocycles. The average Bonchev–Trinajstić information content (AvgIpc) is 2.80. The van der Waals surface area contributed by atoms with Crippen LogP contribution in [0.25, 0.3) is 0 Å². The van der Waals surface area contributed by atoms with Crippen molar-refractivity contribution < 1.29 is 18.3 Å². The first-order valence-corrected chi connectivity index (χ1v) is 8.87. The maximum absolute atomic E-state index is 11.3. The molecule has 2 rings (SSSR count). The number of primary sulfonamides is 1. The zero-order chi connectivity index (χ0) is 15.6. The molecule has 0 radical (unpaired) electrons. The summed E-state index contributed by atoms with van der Waals surface area (Å²) < 4.78 is 23.5. The number of benzene rings is 1. The minimum Gasteiger partial charge on any atom is -0.478 e. The third-order valence-corrected chi connectivity index (χ3v) is 5.52. The third kappa shape index (κ3) is 3.82. The van der Waals surface area contributed by atoms with Crippen molar-refractivity contribution in [1.82, 2.24) is 0 Å². The van der Waals surface area contributed by atoms with Crippen molar-refractivity contribution in [2.45, 2.75) is 11.4 Å². The van der Waals surface area contributed by atoms with Crippen LogP contribution in [0, 0.1) is 0 Å². The number of anilines is 1. The summed E-state index contributed by atoms with van der Waals surface area (Å²) in [4.78, 5) is 12.0. The molecule has 112 valence electrons. The number of nitrogens with one attached hydrogen (secondary N) is 1. The molecule has 9 heteroatoms. The van der Waals surface area contributed by atoms with Crippen LogP contribution in [0.5, 0.6) is 0 Å². The van der Waals surface area contributed by atoms with Crippen molar-refractivity contribution in [2.24, 2.45) is 5.14 Å². The maximum Gasteiger partial charge on any atom is 0.337 e. The second-order valence-electron chi connectivity index (χ2n) is 4.10. The van der Waals surface area contributed by atoms with Crippen LogP contribution in [-0.2, 0) is 16.6 Å². The van der Waals surface area contributed by atoms with Gasteiger partial charge in [0, 0.05) is 15.0 Å². The first-order valence-electron chi connectivity index (χ1n) is 5.65. The third-order valence-electron chi connectivity index (χ3n) is 2.68. The lowest BCUT2D eigenvalue weighted by Crippen LogP contribution is -2.14. The molecule has 0 atom stereocenters. The first-order chi connectivity index (χ1) is 9.79. The number of carboxylic acids is 1. The van der Waals surface area contributed by atoms with Crippen LogP contribution in [0.15, 0.2) is 39.0 Å². The zero-order valence-electron chi connectivity index (χ0n) is 10.5. The van der Waals surface area contributed by atoms with Gasteiger partial charge in [-0.05, 0) is 45.6 Å². The molecular formula is C12H11BrN2O4S2. The molecule has 6 nitrogen and oxygen atoms in total. The predicted molar refractivity (Wildman–Crippen MR) is 84.1 cm³/mol. The first kappa shape index (κ1) is 16.0. The molecule has 0 aliphatic rings. The summed E-state index contributed by atoms with van der Waals surface area (Å²) in [6.07, 6.45) is 0. The summed E-state index contributed by atoms with van der Waals surface area (Å²) >= 11 is 4.90. The summed E-state index contributed by atoms with van der Waals surface area (Å²) in [7, 11) is -3.94. The maximum atomic E-state index is 11.3. The van der Waals surface area contributed by atoms with Crippen molar-refractivity contribution in [2.75, 3.05) is 5.32 Å². The Bertz CT molecular complexity index is 786. The monoisotopic (exact) mass is 390 g/mol. The largest absolute Gasteiger partial charge is 0.478 e. The molecule has 0 unspecified atom stereocenters. The van der Waals surface area contributed by atoms with E-state index in [9.17, 15) is 18.3 Å². The van der Waals surface area contributed by atoms with Gasteiger partial charge in [-0.3, -0.25) is 0 Å². The summed E-state index contributed by atoms with van der Waals surface area (Å²) in [5.74, 6) is -1.23. The number of carboxylic acid groups (broad SMARTS) is 1. The lowest BCUT2D eigenvalue weighted by atomic mass is 10.2. The average molecular weight is 391 g/mol. The van der Waals surface area contributed by atoms with Gasteiger partial charge in [0.15, 0.2) is 0 Å². The number of hydrogen-bond donors (Lipinski definition) is 3. The van der Waals surface area contributed by atoms with Crippen molar-refractivity contribution in [3.63, 3.8) is 0 Å². The molecule has 0 bridgehead atoms. The van der Waals surface area contributed by atoms with E-state index in [1.165, 1.54) is 23.5 Å². The van der Waals surface area contributed by atoms with Gasteiger partial charge in [-0.1, -0.05) is 0 Å². The SMILES string of the molecule is NS(=O)(=O)c1ccc(NCc2sccc2Br)c(C(=O)O)c1. The second-order valence-corrected chi connectivity index (χ2v) is 7.52. The summed E-state index contributed by atoms with van der Waals surface area (Å²) in [5.41, 5.74) is 0.185. The van der Waals surface area contributed by atoms with Crippen LogP contribution >= 0.6 is 27.3 Å².